The Bertz CT molecular complexity index is 557. The first-order valence-electron chi connectivity index (χ1n) is 5.39. The Kier molecular flexibility index (Phi) is 2.60. The molecule has 1 aromatic heterocycles. The molecule has 92 valence electrons. The number of anilines is 2. The number of fused-ring (bicyclic) bond motifs is 1. The monoisotopic (exact) mass is 245 g/mol. The average molecular weight is 245 g/mol. The molecular weight excluding hydrogens is 234 g/mol. The summed E-state index contributed by atoms with van der Waals surface area (Å²) in [6, 6.07) is 9.12. The van der Waals surface area contributed by atoms with E-state index >= 15 is 0 Å². The standard InChI is InChI=1S/C12H11N3O3/c1-16-12-5-4-11(14-15-12)13-8-2-3-9-10(6-8)18-7-17-9/h2-6H,7H2,1H3,(H,13,14). The van der Waals surface area contributed by atoms with E-state index in [0.29, 0.717) is 11.7 Å². The van der Waals surface area contributed by atoms with Crippen LogP contribution in [0.5, 0.6) is 17.4 Å². The van der Waals surface area contributed by atoms with Crippen LogP contribution < -0.4 is 19.5 Å². The van der Waals surface area contributed by atoms with E-state index in [9.17, 15) is 0 Å². The molecule has 0 radical (unpaired) electrons. The minimum atomic E-state index is 0.265. The van der Waals surface area contributed by atoms with E-state index in [-0.39, 0.29) is 6.79 Å². The molecule has 2 aromatic rings. The van der Waals surface area contributed by atoms with Crippen LogP contribution in [0.3, 0.4) is 0 Å². The number of nitrogens with zero attached hydrogens (tertiary/aromatic N) is 2. The van der Waals surface area contributed by atoms with Crippen molar-refractivity contribution in [3.63, 3.8) is 0 Å². The summed E-state index contributed by atoms with van der Waals surface area (Å²) < 4.78 is 15.5. The van der Waals surface area contributed by atoms with Crippen molar-refractivity contribution in [3.05, 3.63) is 30.3 Å². The lowest BCUT2D eigenvalue weighted by molar-refractivity contribution is 0.174. The molecule has 1 N–H and O–H groups in total. The zero-order chi connectivity index (χ0) is 12.4. The predicted molar refractivity (Wildman–Crippen MR) is 64.4 cm³/mol. The van der Waals surface area contributed by atoms with Gasteiger partial charge in [0.05, 0.1) is 7.11 Å². The van der Waals surface area contributed by atoms with Crippen molar-refractivity contribution in [2.24, 2.45) is 0 Å². The molecular formula is C12H11N3O3. The van der Waals surface area contributed by atoms with Gasteiger partial charge in [-0.05, 0) is 18.2 Å². The first-order chi connectivity index (χ1) is 8.85. The van der Waals surface area contributed by atoms with Gasteiger partial charge in [-0.1, -0.05) is 0 Å². The molecule has 0 atom stereocenters. The average Bonchev–Trinajstić information content (AvgIpc) is 2.87. The van der Waals surface area contributed by atoms with Gasteiger partial charge >= 0.3 is 0 Å². The normalized spacial score (nSPS) is 12.3. The molecule has 0 saturated heterocycles. The van der Waals surface area contributed by atoms with Crippen LogP contribution in [-0.2, 0) is 0 Å². The lowest BCUT2D eigenvalue weighted by Gasteiger charge is -2.06. The molecule has 6 nitrogen and oxygen atoms in total. The number of hydrogen-bond donors (Lipinski definition) is 1. The van der Waals surface area contributed by atoms with E-state index in [2.05, 4.69) is 15.5 Å². The van der Waals surface area contributed by atoms with Crippen LogP contribution in [-0.4, -0.2) is 24.1 Å². The third kappa shape index (κ3) is 2.00. The van der Waals surface area contributed by atoms with E-state index in [0.717, 1.165) is 17.2 Å². The molecule has 1 aromatic carbocycles. The zero-order valence-electron chi connectivity index (χ0n) is 9.71. The number of ether oxygens (including phenoxy) is 3. The zero-order valence-corrected chi connectivity index (χ0v) is 9.71. The molecule has 0 bridgehead atoms. The minimum absolute atomic E-state index is 0.265. The highest BCUT2D eigenvalue weighted by Gasteiger charge is 2.13. The lowest BCUT2D eigenvalue weighted by Crippen LogP contribution is -1.96. The fourth-order valence-electron chi connectivity index (χ4n) is 1.62. The molecule has 0 spiro atoms. The Hall–Kier alpha value is -2.50. The number of benzene rings is 1. The summed E-state index contributed by atoms with van der Waals surface area (Å²) in [5.74, 6) is 2.59. The summed E-state index contributed by atoms with van der Waals surface area (Å²) in [5.41, 5.74) is 0.860. The molecule has 0 fully saturated rings. The van der Waals surface area contributed by atoms with E-state index in [1.165, 1.54) is 0 Å². The second-order valence-corrected chi connectivity index (χ2v) is 3.65. The molecule has 1 aliphatic rings. The Morgan fingerprint density at radius 2 is 2.00 bits per heavy atom. The van der Waals surface area contributed by atoms with Gasteiger partial charge in [0, 0.05) is 17.8 Å². The SMILES string of the molecule is COc1ccc(Nc2ccc3c(c2)OCO3)nn1. The third-order valence-corrected chi connectivity index (χ3v) is 2.49. The van der Waals surface area contributed by atoms with E-state index < -0.39 is 0 Å². The van der Waals surface area contributed by atoms with Crippen molar-refractivity contribution >= 4 is 11.5 Å². The highest BCUT2D eigenvalue weighted by atomic mass is 16.7. The van der Waals surface area contributed by atoms with Crippen molar-refractivity contribution in [1.82, 2.24) is 10.2 Å². The van der Waals surface area contributed by atoms with Gasteiger partial charge in [0.15, 0.2) is 17.3 Å². The number of nitrogens with one attached hydrogen (secondary N) is 1. The maximum atomic E-state index is 5.30. The van der Waals surface area contributed by atoms with Crippen LogP contribution in [0.15, 0.2) is 30.3 Å². The van der Waals surface area contributed by atoms with Gasteiger partial charge in [-0.2, -0.15) is 0 Å². The van der Waals surface area contributed by atoms with Crippen molar-refractivity contribution < 1.29 is 14.2 Å². The van der Waals surface area contributed by atoms with Crippen LogP contribution in [0, 0.1) is 0 Å². The maximum Gasteiger partial charge on any atom is 0.233 e. The highest BCUT2D eigenvalue weighted by molar-refractivity contribution is 5.61. The molecule has 0 unspecified atom stereocenters. The van der Waals surface area contributed by atoms with E-state index in [1.54, 1.807) is 19.2 Å². The smallest absolute Gasteiger partial charge is 0.233 e. The van der Waals surface area contributed by atoms with Crippen LogP contribution in [0.1, 0.15) is 0 Å². The van der Waals surface area contributed by atoms with Gasteiger partial charge in [-0.25, -0.2) is 0 Å². The summed E-state index contributed by atoms with van der Waals surface area (Å²) in [5, 5.41) is 11.0. The summed E-state index contributed by atoms with van der Waals surface area (Å²) >= 11 is 0. The Morgan fingerprint density at radius 3 is 2.78 bits per heavy atom. The van der Waals surface area contributed by atoms with Gasteiger partial charge in [0.1, 0.15) is 0 Å². The van der Waals surface area contributed by atoms with E-state index in [1.807, 2.05) is 18.2 Å². The summed E-state index contributed by atoms with van der Waals surface area (Å²) in [6.45, 7) is 0.265. The second kappa shape index (κ2) is 4.40. The number of aromatic nitrogens is 2. The van der Waals surface area contributed by atoms with E-state index in [4.69, 9.17) is 14.2 Å². The fraction of sp³-hybridized carbons (Fsp3) is 0.167. The van der Waals surface area contributed by atoms with Gasteiger partial charge < -0.3 is 19.5 Å². The topological polar surface area (TPSA) is 65.5 Å². The molecule has 0 amide bonds. The third-order valence-electron chi connectivity index (χ3n) is 2.49. The maximum absolute atomic E-state index is 5.30. The highest BCUT2D eigenvalue weighted by Crippen LogP contribution is 2.34. The van der Waals surface area contributed by atoms with Crippen molar-refractivity contribution in [3.8, 4) is 17.4 Å². The number of rotatable bonds is 3. The van der Waals surface area contributed by atoms with Crippen LogP contribution in [0.4, 0.5) is 11.5 Å². The molecule has 0 aliphatic carbocycles. The largest absolute Gasteiger partial charge is 0.480 e. The summed E-state index contributed by atoms with van der Waals surface area (Å²) in [7, 11) is 1.55. The van der Waals surface area contributed by atoms with Gasteiger partial charge in [0.2, 0.25) is 12.7 Å². The Morgan fingerprint density at radius 1 is 1.11 bits per heavy atom. The van der Waals surface area contributed by atoms with Crippen molar-refractivity contribution in [1.29, 1.82) is 0 Å². The summed E-state index contributed by atoms with van der Waals surface area (Å²) in [4.78, 5) is 0. The number of methoxy groups -OCH3 is 1. The molecule has 1 aliphatic heterocycles. The molecule has 6 heteroatoms. The van der Waals surface area contributed by atoms with Crippen LogP contribution in [0.2, 0.25) is 0 Å². The molecule has 0 saturated carbocycles. The molecule has 3 rings (SSSR count). The van der Waals surface area contributed by atoms with Crippen LogP contribution >= 0.6 is 0 Å². The lowest BCUT2D eigenvalue weighted by atomic mass is 10.3. The van der Waals surface area contributed by atoms with Crippen molar-refractivity contribution in [2.45, 2.75) is 0 Å². The first-order valence-corrected chi connectivity index (χ1v) is 5.39. The Labute approximate surface area is 104 Å². The molecule has 2 heterocycles. The van der Waals surface area contributed by atoms with Gasteiger partial charge in [-0.15, -0.1) is 10.2 Å². The van der Waals surface area contributed by atoms with Gasteiger partial charge in [-0.3, -0.25) is 0 Å². The predicted octanol–water partition coefficient (Wildman–Crippen LogP) is 1.96. The quantitative estimate of drug-likeness (QED) is 0.891. The minimum Gasteiger partial charge on any atom is -0.480 e. The van der Waals surface area contributed by atoms with Gasteiger partial charge in [0.25, 0.3) is 0 Å². The molecule has 18 heavy (non-hydrogen) atoms. The van der Waals surface area contributed by atoms with Crippen molar-refractivity contribution in [2.75, 3.05) is 19.2 Å². The fourth-order valence-corrected chi connectivity index (χ4v) is 1.62. The number of hydrogen-bond acceptors (Lipinski definition) is 6. The Balaban J connectivity index is 1.79. The first kappa shape index (κ1) is 10.6. The summed E-state index contributed by atoms with van der Waals surface area (Å²) in [6.07, 6.45) is 0. The second-order valence-electron chi connectivity index (χ2n) is 3.65. The van der Waals surface area contributed by atoms with Crippen LogP contribution in [0.25, 0.3) is 0 Å².